The van der Waals surface area contributed by atoms with Crippen molar-refractivity contribution in [3.8, 4) is 17.1 Å². The van der Waals surface area contributed by atoms with E-state index in [2.05, 4.69) is 51.4 Å². The fraction of sp³-hybridized carbons (Fsp3) is 0.577. The molecule has 0 amide bonds. The Labute approximate surface area is 217 Å². The summed E-state index contributed by atoms with van der Waals surface area (Å²) in [7, 11) is 1.84. The van der Waals surface area contributed by atoms with E-state index in [1.54, 1.807) is 4.68 Å². The molecule has 4 rings (SSSR count). The lowest BCUT2D eigenvalue weighted by molar-refractivity contribution is -0.143. The highest BCUT2D eigenvalue weighted by atomic mass is 16.5. The summed E-state index contributed by atoms with van der Waals surface area (Å²) < 4.78 is 7.86. The fourth-order valence-electron chi connectivity index (χ4n) is 4.42. The molecule has 0 saturated heterocycles. The molecule has 11 heteroatoms. The summed E-state index contributed by atoms with van der Waals surface area (Å²) in [5.41, 5.74) is 3.12. The number of carboxylic acid groups (broad SMARTS) is 1. The van der Waals surface area contributed by atoms with Crippen LogP contribution in [0.5, 0.6) is 5.75 Å². The van der Waals surface area contributed by atoms with Gasteiger partial charge in [0, 0.05) is 13.5 Å². The molecule has 1 aliphatic rings. The van der Waals surface area contributed by atoms with Crippen molar-refractivity contribution in [3.05, 3.63) is 35.7 Å². The van der Waals surface area contributed by atoms with E-state index in [1.165, 1.54) is 6.33 Å². The number of nitrogens with zero attached hydrogens (tertiary/aromatic N) is 7. The number of carboxylic acids is 1. The minimum Gasteiger partial charge on any atom is -0.489 e. The maximum absolute atomic E-state index is 11.4. The van der Waals surface area contributed by atoms with Crippen LogP contribution in [0.1, 0.15) is 70.1 Å². The number of aliphatic carboxylic acids is 1. The van der Waals surface area contributed by atoms with E-state index in [0.717, 1.165) is 42.9 Å². The van der Waals surface area contributed by atoms with Gasteiger partial charge in [0.1, 0.15) is 23.6 Å². The molecule has 1 saturated carbocycles. The third-order valence-corrected chi connectivity index (χ3v) is 6.63. The first-order chi connectivity index (χ1) is 17.6. The first-order valence-corrected chi connectivity index (χ1v) is 12.8. The van der Waals surface area contributed by atoms with Crippen molar-refractivity contribution in [2.45, 2.75) is 78.9 Å². The van der Waals surface area contributed by atoms with Gasteiger partial charge in [0.15, 0.2) is 0 Å². The zero-order valence-electron chi connectivity index (χ0n) is 22.2. The van der Waals surface area contributed by atoms with Crippen LogP contribution in [-0.2, 0) is 24.8 Å². The lowest BCUT2D eigenvalue weighted by Crippen LogP contribution is -2.29. The summed E-state index contributed by atoms with van der Waals surface area (Å²) in [5, 5.41) is 21.2. The quantitative estimate of drug-likeness (QED) is 0.436. The maximum atomic E-state index is 11.4. The van der Waals surface area contributed by atoms with Gasteiger partial charge >= 0.3 is 5.97 Å². The maximum Gasteiger partial charge on any atom is 0.306 e. The molecule has 3 aromatic rings. The van der Waals surface area contributed by atoms with Crippen LogP contribution >= 0.6 is 0 Å². The van der Waals surface area contributed by atoms with Crippen molar-refractivity contribution in [2.24, 2.45) is 18.4 Å². The smallest absolute Gasteiger partial charge is 0.306 e. The third-order valence-electron chi connectivity index (χ3n) is 6.63. The average molecular weight is 509 g/mol. The minimum absolute atomic E-state index is 0.119. The van der Waals surface area contributed by atoms with Crippen molar-refractivity contribution in [2.75, 3.05) is 5.32 Å². The molecule has 0 spiro atoms. The van der Waals surface area contributed by atoms with Gasteiger partial charge in [0.25, 0.3) is 0 Å². The second-order valence-corrected chi connectivity index (χ2v) is 10.9. The second-order valence-electron chi connectivity index (χ2n) is 10.9. The number of aromatic nitrogens is 7. The first kappa shape index (κ1) is 26.4. The van der Waals surface area contributed by atoms with Crippen molar-refractivity contribution in [1.29, 1.82) is 0 Å². The summed E-state index contributed by atoms with van der Waals surface area (Å²) in [4.78, 5) is 29.2. The molecular weight excluding hydrogens is 472 g/mol. The van der Waals surface area contributed by atoms with Gasteiger partial charge in [0.05, 0.1) is 35.6 Å². The summed E-state index contributed by atoms with van der Waals surface area (Å²) >= 11 is 0. The molecule has 2 atom stereocenters. The summed E-state index contributed by atoms with van der Waals surface area (Å²) in [6.07, 6.45) is 6.10. The van der Waals surface area contributed by atoms with Gasteiger partial charge in [-0.05, 0) is 56.6 Å². The van der Waals surface area contributed by atoms with Crippen LogP contribution in [0.2, 0.25) is 0 Å². The zero-order chi connectivity index (χ0) is 26.6. The molecule has 0 radical (unpaired) electrons. The van der Waals surface area contributed by atoms with Gasteiger partial charge in [0.2, 0.25) is 5.95 Å². The predicted octanol–water partition coefficient (Wildman–Crippen LogP) is 3.98. The van der Waals surface area contributed by atoms with Crippen LogP contribution in [0.4, 0.5) is 5.95 Å². The molecule has 1 aliphatic carbocycles. The number of ether oxygens (including phenoxy) is 1. The average Bonchev–Trinajstić information content (AvgIpc) is 3.23. The Hall–Kier alpha value is -3.63. The van der Waals surface area contributed by atoms with Gasteiger partial charge in [-0.3, -0.25) is 4.79 Å². The van der Waals surface area contributed by atoms with Crippen LogP contribution in [0.15, 0.2) is 18.5 Å². The highest BCUT2D eigenvalue weighted by Gasteiger charge is 2.28. The van der Waals surface area contributed by atoms with Gasteiger partial charge in [-0.1, -0.05) is 26.0 Å². The molecule has 0 aromatic carbocycles. The third kappa shape index (κ3) is 6.99. The number of pyridine rings is 1. The molecular formula is C26H36N8O3. The molecule has 2 N–H and O–H groups in total. The summed E-state index contributed by atoms with van der Waals surface area (Å²) in [6.45, 7) is 8.89. The number of carbonyl (C=O) groups is 1. The molecule has 0 unspecified atom stereocenters. The lowest BCUT2D eigenvalue weighted by Gasteiger charge is -2.27. The SMILES string of the molecule is Cc1nc(-c2nnn(C)c2CNc2ncnc(CCC(C)(C)C)n2)ccc1O[C@H]1CCC[C@H](C(=O)O)C1. The Bertz CT molecular complexity index is 1240. The number of aryl methyl sites for hydroxylation is 3. The van der Waals surface area contributed by atoms with E-state index in [1.807, 2.05) is 26.1 Å². The van der Waals surface area contributed by atoms with Crippen molar-refractivity contribution >= 4 is 11.9 Å². The summed E-state index contributed by atoms with van der Waals surface area (Å²) in [5.74, 6) is 0.833. The van der Waals surface area contributed by atoms with Crippen LogP contribution < -0.4 is 10.1 Å². The van der Waals surface area contributed by atoms with Gasteiger partial charge in [-0.15, -0.1) is 5.10 Å². The van der Waals surface area contributed by atoms with E-state index in [0.29, 0.717) is 42.5 Å². The molecule has 3 heterocycles. The predicted molar refractivity (Wildman–Crippen MR) is 138 cm³/mol. The van der Waals surface area contributed by atoms with E-state index >= 15 is 0 Å². The molecule has 1 fully saturated rings. The first-order valence-electron chi connectivity index (χ1n) is 12.8. The van der Waals surface area contributed by atoms with E-state index in [4.69, 9.17) is 9.72 Å². The second kappa shape index (κ2) is 11.2. The molecule has 0 bridgehead atoms. The standard InChI is InChI=1S/C26H36N8O3/c1-16-21(37-18-8-6-7-17(13-18)24(35)36)10-9-19(30-16)23-20(34(5)33-32-23)14-27-25-29-15-28-22(31-25)11-12-26(2,3)4/h9-10,15,17-18H,6-8,11-14H2,1-5H3,(H,35,36)(H,27,28,29,31)/t17-,18-/m0/s1. The lowest BCUT2D eigenvalue weighted by atomic mass is 9.87. The number of nitrogens with one attached hydrogen (secondary N) is 1. The van der Waals surface area contributed by atoms with Crippen LogP contribution in [0, 0.1) is 18.3 Å². The van der Waals surface area contributed by atoms with Crippen LogP contribution in [-0.4, -0.2) is 52.1 Å². The number of rotatable bonds is 9. The monoisotopic (exact) mass is 508 g/mol. The highest BCUT2D eigenvalue weighted by molar-refractivity contribution is 5.70. The number of hydrogen-bond donors (Lipinski definition) is 2. The number of anilines is 1. The van der Waals surface area contributed by atoms with Crippen molar-refractivity contribution < 1.29 is 14.6 Å². The zero-order valence-corrected chi connectivity index (χ0v) is 22.2. The van der Waals surface area contributed by atoms with Crippen LogP contribution in [0.3, 0.4) is 0 Å². The minimum atomic E-state index is -0.749. The molecule has 37 heavy (non-hydrogen) atoms. The van der Waals surface area contributed by atoms with Crippen molar-refractivity contribution in [1.82, 2.24) is 34.9 Å². The van der Waals surface area contributed by atoms with Crippen LogP contribution in [0.25, 0.3) is 11.4 Å². The Morgan fingerprint density at radius 2 is 2.03 bits per heavy atom. The Kier molecular flexibility index (Phi) is 7.99. The van der Waals surface area contributed by atoms with E-state index in [-0.39, 0.29) is 17.4 Å². The Morgan fingerprint density at radius 3 is 2.76 bits per heavy atom. The largest absolute Gasteiger partial charge is 0.489 e. The van der Waals surface area contributed by atoms with E-state index < -0.39 is 5.97 Å². The topological polar surface area (TPSA) is 141 Å². The Balaban J connectivity index is 1.44. The number of hydrogen-bond acceptors (Lipinski definition) is 9. The van der Waals surface area contributed by atoms with E-state index in [9.17, 15) is 9.90 Å². The normalized spacial score (nSPS) is 18.0. The fourth-order valence-corrected chi connectivity index (χ4v) is 4.42. The van der Waals surface area contributed by atoms with Gasteiger partial charge < -0.3 is 15.2 Å². The highest BCUT2D eigenvalue weighted by Crippen LogP contribution is 2.30. The molecule has 3 aromatic heterocycles. The van der Waals surface area contributed by atoms with Crippen molar-refractivity contribution in [3.63, 3.8) is 0 Å². The van der Waals surface area contributed by atoms with Gasteiger partial charge in [-0.25, -0.2) is 19.6 Å². The Morgan fingerprint density at radius 1 is 1.22 bits per heavy atom. The van der Waals surface area contributed by atoms with Gasteiger partial charge in [-0.2, -0.15) is 4.98 Å². The molecule has 198 valence electrons. The summed E-state index contributed by atoms with van der Waals surface area (Å²) in [6, 6.07) is 3.74. The molecule has 0 aliphatic heterocycles. The molecule has 11 nitrogen and oxygen atoms in total.